The average molecular weight is 371 g/mol. The van der Waals surface area contributed by atoms with Crippen LogP contribution in [-0.4, -0.2) is 0 Å². The second kappa shape index (κ2) is 6.70. The van der Waals surface area contributed by atoms with Crippen molar-refractivity contribution in [3.8, 4) is 0 Å². The molecule has 0 fully saturated rings. The van der Waals surface area contributed by atoms with Gasteiger partial charge in [0.05, 0.1) is 0 Å². The Kier molecular flexibility index (Phi) is 5.91. The summed E-state index contributed by atoms with van der Waals surface area (Å²) < 4.78 is 0. The summed E-state index contributed by atoms with van der Waals surface area (Å²) in [5.74, 6) is 0. The first-order chi connectivity index (χ1) is 6.88. The summed E-state index contributed by atoms with van der Waals surface area (Å²) in [5, 5.41) is 0.909. The van der Waals surface area contributed by atoms with E-state index in [9.17, 15) is 0 Å². The Morgan fingerprint density at radius 3 is 1.33 bits per heavy atom. The minimum absolute atomic E-state index is 0. The van der Waals surface area contributed by atoms with E-state index < -0.39 is 0 Å². The first kappa shape index (κ1) is 13.2. The third kappa shape index (κ3) is 3.60. The fraction of sp³-hybridized carbons (Fsp3) is 0. The largest absolute Gasteiger partial charge is 2.00 e. The van der Waals surface area contributed by atoms with Crippen LogP contribution in [0.4, 0.5) is 0 Å². The Morgan fingerprint density at radius 2 is 1.00 bits per heavy atom. The van der Waals surface area contributed by atoms with Gasteiger partial charge in [0.25, 0.3) is 0 Å². The third-order valence-corrected chi connectivity index (χ3v) is 2.54. The van der Waals surface area contributed by atoms with E-state index in [1.165, 1.54) is 0 Å². The topological polar surface area (TPSA) is 0 Å². The van der Waals surface area contributed by atoms with Crippen LogP contribution in [0.25, 0.3) is 0 Å². The summed E-state index contributed by atoms with van der Waals surface area (Å²) in [7, 11) is 0. The average Bonchev–Trinajstić information content (AvgIpc) is 2.30. The van der Waals surface area contributed by atoms with E-state index in [1.54, 1.807) is 0 Å². The van der Waals surface area contributed by atoms with Gasteiger partial charge in [-0.05, 0) is 0 Å². The molecule has 0 amide bonds. The van der Waals surface area contributed by atoms with E-state index in [4.69, 9.17) is 12.6 Å². The molecule has 2 aromatic carbocycles. The molecule has 0 spiro atoms. The molecule has 2 heteroatoms. The van der Waals surface area contributed by atoms with Gasteiger partial charge in [-0.2, -0.15) is 0 Å². The molecule has 2 rings (SSSR count). The van der Waals surface area contributed by atoms with Gasteiger partial charge in [0.2, 0.25) is 0 Å². The zero-order valence-corrected chi connectivity index (χ0v) is 10.5. The molecule has 0 bridgehead atoms. The minimum atomic E-state index is 0. The van der Waals surface area contributed by atoms with Crippen molar-refractivity contribution in [2.45, 2.75) is 0 Å². The number of rotatable bonds is 2. The summed E-state index contributed by atoms with van der Waals surface area (Å²) in [6.07, 6.45) is 0. The van der Waals surface area contributed by atoms with Crippen LogP contribution in [0, 0.1) is 52.2 Å². The molecule has 0 saturated carbocycles. The fourth-order valence-corrected chi connectivity index (χ4v) is 1.62. The van der Waals surface area contributed by atoms with Crippen LogP contribution in [-0.2, 0) is 12.6 Å². The molecule has 15 heavy (non-hydrogen) atoms. The van der Waals surface area contributed by atoms with Crippen LogP contribution in [0.15, 0.2) is 60.7 Å². The maximum atomic E-state index is 5.39. The van der Waals surface area contributed by atoms with Gasteiger partial charge in [0, 0.05) is 0 Å². The Hall–Kier alpha value is 0.179. The van der Waals surface area contributed by atoms with Crippen molar-refractivity contribution in [3.63, 3.8) is 0 Å². The number of benzene rings is 2. The molecule has 0 radical (unpaired) electrons. The number of hydrogen-bond acceptors (Lipinski definition) is 1. The molecule has 0 heterocycles. The summed E-state index contributed by atoms with van der Waals surface area (Å²) >= 11 is 5.39. The van der Waals surface area contributed by atoms with Crippen molar-refractivity contribution in [1.82, 2.24) is 0 Å². The molecule has 0 unspecified atom stereocenters. The molecule has 0 aliphatic rings. The first-order valence-corrected chi connectivity index (χ1v) is 4.93. The zero-order chi connectivity index (χ0) is 9.80. The van der Waals surface area contributed by atoms with Crippen LogP contribution in [0.5, 0.6) is 0 Å². The molecule has 0 atom stereocenters. The Bertz CT molecular complexity index is 346. The van der Waals surface area contributed by atoms with Gasteiger partial charge in [0.1, 0.15) is 0 Å². The maximum Gasteiger partial charge on any atom is 2.00 e. The SMILES string of the molecule is [S-][C-](c1ccccc1)c1ccccc1.[Yb+2]. The zero-order valence-electron chi connectivity index (χ0n) is 7.95. The Labute approximate surface area is 135 Å². The quantitative estimate of drug-likeness (QED) is 0.577. The summed E-state index contributed by atoms with van der Waals surface area (Å²) in [5.41, 5.74) is 2.21. The fourth-order valence-electron chi connectivity index (χ4n) is 1.35. The molecule has 0 aliphatic carbocycles. The number of hydrogen-bond donors (Lipinski definition) is 0. The van der Waals surface area contributed by atoms with Crippen LogP contribution in [0.3, 0.4) is 0 Å². The molecule has 0 aromatic heterocycles. The van der Waals surface area contributed by atoms with E-state index in [0.29, 0.717) is 0 Å². The van der Waals surface area contributed by atoms with Crippen LogP contribution >= 0.6 is 0 Å². The predicted molar refractivity (Wildman–Crippen MR) is 61.7 cm³/mol. The third-order valence-electron chi connectivity index (χ3n) is 2.07. The smallest absolute Gasteiger partial charge is 0.807 e. The van der Waals surface area contributed by atoms with Crippen molar-refractivity contribution < 1.29 is 46.9 Å². The van der Waals surface area contributed by atoms with E-state index >= 15 is 0 Å². The summed E-state index contributed by atoms with van der Waals surface area (Å²) in [4.78, 5) is 0. The molecule has 0 N–H and O–H groups in total. The van der Waals surface area contributed by atoms with Gasteiger partial charge in [-0.1, -0.05) is 36.4 Å². The van der Waals surface area contributed by atoms with Crippen LogP contribution in [0.2, 0.25) is 0 Å². The predicted octanol–water partition coefficient (Wildman–Crippen LogP) is 3.16. The van der Waals surface area contributed by atoms with Crippen molar-refractivity contribution in [1.29, 1.82) is 0 Å². The van der Waals surface area contributed by atoms with Crippen molar-refractivity contribution >= 4 is 12.6 Å². The molecule has 0 saturated heterocycles. The van der Waals surface area contributed by atoms with Crippen LogP contribution in [0.1, 0.15) is 11.1 Å². The summed E-state index contributed by atoms with van der Waals surface area (Å²) in [6.45, 7) is 0. The Morgan fingerprint density at radius 1 is 0.667 bits per heavy atom. The molecular weight excluding hydrogens is 361 g/mol. The van der Waals surface area contributed by atoms with E-state index in [1.807, 2.05) is 60.7 Å². The maximum absolute atomic E-state index is 5.39. The second-order valence-corrected chi connectivity index (χ2v) is 3.47. The monoisotopic (exact) mass is 372 g/mol. The minimum Gasteiger partial charge on any atom is -0.807 e. The summed E-state index contributed by atoms with van der Waals surface area (Å²) in [6, 6.07) is 20.2. The Balaban J connectivity index is 0.00000112. The normalized spacial score (nSPS) is 9.13. The van der Waals surface area contributed by atoms with Gasteiger partial charge in [0.15, 0.2) is 0 Å². The molecule has 0 nitrogen and oxygen atoms in total. The molecule has 0 aliphatic heterocycles. The van der Waals surface area contributed by atoms with Gasteiger partial charge in [-0.25, -0.2) is 0 Å². The second-order valence-electron chi connectivity index (χ2n) is 3.06. The molecule has 82 valence electrons. The van der Waals surface area contributed by atoms with Gasteiger partial charge in [-0.3, -0.25) is 5.25 Å². The van der Waals surface area contributed by atoms with Crippen molar-refractivity contribution in [3.05, 3.63) is 77.0 Å². The van der Waals surface area contributed by atoms with Crippen LogP contribution < -0.4 is 0 Å². The van der Waals surface area contributed by atoms with E-state index in [-0.39, 0.29) is 46.9 Å². The first-order valence-electron chi connectivity index (χ1n) is 4.53. The van der Waals surface area contributed by atoms with Gasteiger partial charge in [-0.15, -0.1) is 35.4 Å². The molecule has 2 aromatic rings. The van der Waals surface area contributed by atoms with Crippen molar-refractivity contribution in [2.75, 3.05) is 0 Å². The van der Waals surface area contributed by atoms with E-state index in [0.717, 1.165) is 16.4 Å². The molecular formula is C13H10SYb. The van der Waals surface area contributed by atoms with E-state index in [2.05, 4.69) is 0 Å². The van der Waals surface area contributed by atoms with Gasteiger partial charge < -0.3 is 12.6 Å². The van der Waals surface area contributed by atoms with Crippen molar-refractivity contribution in [2.24, 2.45) is 0 Å². The van der Waals surface area contributed by atoms with Gasteiger partial charge >= 0.3 is 46.9 Å². The standard InChI is InChI=1S/C13H10S.Yb/c14-13(11-7-3-1-4-8-11)12-9-5-2-6-10-12;/h1-10H;/q-2;+2.